The Hall–Kier alpha value is -2.07. The number of thioether (sulfide) groups is 1. The first-order chi connectivity index (χ1) is 13.7. The SMILES string of the molecule is CSc1ccc(C2(O)CCN(C(c3ccccc3)c3ccccc3)CC2)cc1. The Labute approximate surface area is 172 Å². The van der Waals surface area contributed by atoms with Gasteiger partial charge >= 0.3 is 0 Å². The van der Waals surface area contributed by atoms with Crippen LogP contribution in [0.15, 0.2) is 89.8 Å². The normalized spacial score (nSPS) is 17.0. The number of hydrogen-bond donors (Lipinski definition) is 1. The Morgan fingerprint density at radius 2 is 1.29 bits per heavy atom. The van der Waals surface area contributed by atoms with Gasteiger partial charge in [-0.2, -0.15) is 0 Å². The number of likely N-dealkylation sites (tertiary alicyclic amines) is 1. The van der Waals surface area contributed by atoms with Gasteiger partial charge in [-0.25, -0.2) is 0 Å². The van der Waals surface area contributed by atoms with Crippen LogP contribution in [0.5, 0.6) is 0 Å². The van der Waals surface area contributed by atoms with E-state index in [0.717, 1.165) is 31.5 Å². The van der Waals surface area contributed by atoms with Crippen LogP contribution in [0.25, 0.3) is 0 Å². The summed E-state index contributed by atoms with van der Waals surface area (Å²) in [4.78, 5) is 3.74. The van der Waals surface area contributed by atoms with Gasteiger partial charge in [0.2, 0.25) is 0 Å². The van der Waals surface area contributed by atoms with Crippen molar-refractivity contribution in [2.75, 3.05) is 19.3 Å². The second-order valence-electron chi connectivity index (χ2n) is 7.52. The lowest BCUT2D eigenvalue weighted by atomic mass is 9.83. The van der Waals surface area contributed by atoms with E-state index in [4.69, 9.17) is 0 Å². The lowest BCUT2D eigenvalue weighted by molar-refractivity contribution is -0.0325. The third-order valence-electron chi connectivity index (χ3n) is 5.85. The van der Waals surface area contributed by atoms with Crippen LogP contribution in [0.3, 0.4) is 0 Å². The molecule has 1 aliphatic heterocycles. The number of aliphatic hydroxyl groups is 1. The largest absolute Gasteiger partial charge is 0.385 e. The van der Waals surface area contributed by atoms with Crippen molar-refractivity contribution < 1.29 is 5.11 Å². The summed E-state index contributed by atoms with van der Waals surface area (Å²) in [6, 6.07) is 30.0. The van der Waals surface area contributed by atoms with Gasteiger partial charge in [-0.3, -0.25) is 4.90 Å². The minimum absolute atomic E-state index is 0.228. The summed E-state index contributed by atoms with van der Waals surface area (Å²) >= 11 is 1.73. The highest BCUT2D eigenvalue weighted by Gasteiger charge is 2.36. The highest BCUT2D eigenvalue weighted by atomic mass is 32.2. The third-order valence-corrected chi connectivity index (χ3v) is 6.59. The van der Waals surface area contributed by atoms with E-state index in [9.17, 15) is 5.11 Å². The maximum atomic E-state index is 11.3. The topological polar surface area (TPSA) is 23.5 Å². The number of hydrogen-bond acceptors (Lipinski definition) is 3. The quantitative estimate of drug-likeness (QED) is 0.584. The molecule has 1 fully saturated rings. The number of piperidine rings is 1. The van der Waals surface area contributed by atoms with Crippen LogP contribution in [0, 0.1) is 0 Å². The number of nitrogens with zero attached hydrogens (tertiary/aromatic N) is 1. The molecule has 0 atom stereocenters. The molecule has 1 aliphatic rings. The monoisotopic (exact) mass is 389 g/mol. The summed E-state index contributed by atoms with van der Waals surface area (Å²) in [5, 5.41) is 11.3. The molecular weight excluding hydrogens is 362 g/mol. The molecule has 28 heavy (non-hydrogen) atoms. The minimum Gasteiger partial charge on any atom is -0.385 e. The Kier molecular flexibility index (Phi) is 5.86. The summed E-state index contributed by atoms with van der Waals surface area (Å²) in [6.07, 6.45) is 3.58. The van der Waals surface area contributed by atoms with Crippen LogP contribution in [0.4, 0.5) is 0 Å². The zero-order chi connectivity index (χ0) is 19.4. The summed E-state index contributed by atoms with van der Waals surface area (Å²) in [5.74, 6) is 0. The first-order valence-corrected chi connectivity index (χ1v) is 11.1. The van der Waals surface area contributed by atoms with Crippen molar-refractivity contribution in [1.82, 2.24) is 4.90 Å². The maximum Gasteiger partial charge on any atom is 0.0920 e. The van der Waals surface area contributed by atoms with Crippen LogP contribution >= 0.6 is 11.8 Å². The van der Waals surface area contributed by atoms with Gasteiger partial charge in [0.25, 0.3) is 0 Å². The van der Waals surface area contributed by atoms with E-state index in [1.54, 1.807) is 11.8 Å². The Balaban J connectivity index is 1.56. The van der Waals surface area contributed by atoms with Gasteiger partial charge in [0, 0.05) is 18.0 Å². The fraction of sp³-hybridized carbons (Fsp3) is 0.280. The molecule has 1 saturated heterocycles. The summed E-state index contributed by atoms with van der Waals surface area (Å²) in [5.41, 5.74) is 2.93. The first kappa shape index (κ1) is 19.3. The standard InChI is InChI=1S/C25H27NOS/c1-28-23-14-12-22(13-15-23)25(27)16-18-26(19-17-25)24(20-8-4-2-5-9-20)21-10-6-3-7-11-21/h2-15,24,27H,16-19H2,1H3. The average Bonchev–Trinajstić information content (AvgIpc) is 2.77. The molecule has 0 saturated carbocycles. The molecule has 0 aliphatic carbocycles. The van der Waals surface area contributed by atoms with E-state index in [-0.39, 0.29) is 6.04 Å². The molecule has 1 heterocycles. The average molecular weight is 390 g/mol. The lowest BCUT2D eigenvalue weighted by Crippen LogP contribution is -2.44. The van der Waals surface area contributed by atoms with Gasteiger partial charge in [-0.05, 0) is 47.9 Å². The molecule has 1 N–H and O–H groups in total. The van der Waals surface area contributed by atoms with Gasteiger partial charge in [0.1, 0.15) is 0 Å². The lowest BCUT2D eigenvalue weighted by Gasteiger charge is -2.42. The van der Waals surface area contributed by atoms with E-state index in [0.29, 0.717) is 0 Å². The number of benzene rings is 3. The zero-order valence-corrected chi connectivity index (χ0v) is 17.1. The highest BCUT2D eigenvalue weighted by molar-refractivity contribution is 7.98. The third kappa shape index (κ3) is 4.02. The molecule has 3 heteroatoms. The Morgan fingerprint density at radius 1 is 0.786 bits per heavy atom. The van der Waals surface area contributed by atoms with Crippen LogP contribution in [0.2, 0.25) is 0 Å². The molecule has 144 valence electrons. The molecule has 0 amide bonds. The van der Waals surface area contributed by atoms with E-state index >= 15 is 0 Å². The number of rotatable bonds is 5. The molecule has 0 radical (unpaired) electrons. The molecule has 2 nitrogen and oxygen atoms in total. The van der Waals surface area contributed by atoms with Crippen LogP contribution < -0.4 is 0 Å². The maximum absolute atomic E-state index is 11.3. The van der Waals surface area contributed by atoms with Crippen LogP contribution in [0.1, 0.15) is 35.6 Å². The fourth-order valence-electron chi connectivity index (χ4n) is 4.23. The summed E-state index contributed by atoms with van der Waals surface area (Å²) in [7, 11) is 0. The molecule has 0 bridgehead atoms. The minimum atomic E-state index is -0.731. The fourth-order valence-corrected chi connectivity index (χ4v) is 4.64. The van der Waals surface area contributed by atoms with Gasteiger partial charge in [-0.15, -0.1) is 11.8 Å². The van der Waals surface area contributed by atoms with Gasteiger partial charge in [-0.1, -0.05) is 72.8 Å². The molecule has 3 aromatic rings. The molecule has 4 rings (SSSR count). The molecule has 3 aromatic carbocycles. The van der Waals surface area contributed by atoms with Crippen LogP contribution in [-0.4, -0.2) is 29.4 Å². The van der Waals surface area contributed by atoms with E-state index in [2.05, 4.69) is 96.1 Å². The predicted octanol–water partition coefficient (Wildman–Crippen LogP) is 5.48. The Bertz CT molecular complexity index is 832. The van der Waals surface area contributed by atoms with Crippen molar-refractivity contribution in [2.45, 2.75) is 29.4 Å². The van der Waals surface area contributed by atoms with Gasteiger partial charge in [0.05, 0.1) is 11.6 Å². The van der Waals surface area contributed by atoms with Crippen molar-refractivity contribution in [1.29, 1.82) is 0 Å². The zero-order valence-electron chi connectivity index (χ0n) is 16.3. The molecular formula is C25H27NOS. The second kappa shape index (κ2) is 8.52. The molecule has 0 spiro atoms. The first-order valence-electron chi connectivity index (χ1n) is 9.90. The summed E-state index contributed by atoms with van der Waals surface area (Å²) < 4.78 is 0. The Morgan fingerprint density at radius 3 is 1.75 bits per heavy atom. The van der Waals surface area contributed by atoms with Crippen molar-refractivity contribution in [3.8, 4) is 0 Å². The summed E-state index contributed by atoms with van der Waals surface area (Å²) in [6.45, 7) is 1.74. The van der Waals surface area contributed by atoms with Crippen molar-refractivity contribution >= 4 is 11.8 Å². The highest BCUT2D eigenvalue weighted by Crippen LogP contribution is 2.38. The van der Waals surface area contributed by atoms with Crippen molar-refractivity contribution in [2.24, 2.45) is 0 Å². The van der Waals surface area contributed by atoms with Gasteiger partial charge < -0.3 is 5.11 Å². The van der Waals surface area contributed by atoms with Crippen molar-refractivity contribution in [3.05, 3.63) is 102 Å². The van der Waals surface area contributed by atoms with Crippen LogP contribution in [-0.2, 0) is 5.60 Å². The molecule has 0 unspecified atom stereocenters. The predicted molar refractivity (Wildman–Crippen MR) is 118 cm³/mol. The smallest absolute Gasteiger partial charge is 0.0920 e. The van der Waals surface area contributed by atoms with E-state index < -0.39 is 5.60 Å². The van der Waals surface area contributed by atoms with E-state index in [1.807, 2.05) is 0 Å². The van der Waals surface area contributed by atoms with E-state index in [1.165, 1.54) is 16.0 Å². The van der Waals surface area contributed by atoms with Gasteiger partial charge in [0.15, 0.2) is 0 Å². The van der Waals surface area contributed by atoms with Crippen molar-refractivity contribution in [3.63, 3.8) is 0 Å². The molecule has 0 aromatic heterocycles. The second-order valence-corrected chi connectivity index (χ2v) is 8.40.